The third-order valence-electron chi connectivity index (χ3n) is 8.62. The van der Waals surface area contributed by atoms with Crippen molar-refractivity contribution in [2.45, 2.75) is 45.1 Å². The zero-order valence-corrected chi connectivity index (χ0v) is 28.3. The zero-order valence-electron chi connectivity index (χ0n) is 26.8. The maximum Gasteiger partial charge on any atom is 0.387 e. The van der Waals surface area contributed by atoms with Gasteiger partial charge in [0.15, 0.2) is 23.9 Å². The molecule has 0 radical (unpaired) electrons. The molecule has 3 heterocycles. The van der Waals surface area contributed by atoms with Gasteiger partial charge in [-0.25, -0.2) is 0 Å². The standard InChI is InChI=1S/C34H34Cl2F2N4O8/c35-24-17-40(46)18-25(36)23(24)16-29(22-7-8-28(50-34(37)38)30(15-22)48-20-21-5-6-21)49-31(43)19-42-27-4-2-1-3-26(27)41(32(44)33(42)45)10-9-39-11-13-47-14-12-39/h1-4,7-8,15,17-18,21,29,34H,5-6,9-14,16,19-20H2. The summed E-state index contributed by atoms with van der Waals surface area (Å²) in [5.41, 5.74) is -0.286. The number of carbonyl (C=O) groups excluding carboxylic acids is 1. The molecule has 0 spiro atoms. The summed E-state index contributed by atoms with van der Waals surface area (Å²) in [5, 5.41) is 11.9. The molecule has 12 nitrogen and oxygen atoms in total. The number of para-hydroxylation sites is 2. The van der Waals surface area contributed by atoms with Crippen molar-refractivity contribution < 1.29 is 37.3 Å². The molecular weight excluding hydrogens is 701 g/mol. The molecular formula is C34H34Cl2F2N4O8. The van der Waals surface area contributed by atoms with Gasteiger partial charge in [0, 0.05) is 38.2 Å². The van der Waals surface area contributed by atoms with Crippen LogP contribution in [0.15, 0.2) is 64.4 Å². The van der Waals surface area contributed by atoms with Crippen LogP contribution in [0.4, 0.5) is 8.78 Å². The molecule has 1 aliphatic carbocycles. The minimum absolute atomic E-state index is 0.000636. The Hall–Kier alpha value is -4.24. The van der Waals surface area contributed by atoms with Crippen molar-refractivity contribution in [1.29, 1.82) is 0 Å². The molecule has 0 N–H and O–H groups in total. The minimum Gasteiger partial charge on any atom is -0.619 e. The minimum atomic E-state index is -3.11. The largest absolute Gasteiger partial charge is 0.619 e. The number of rotatable bonds is 14. The number of benzene rings is 2. The summed E-state index contributed by atoms with van der Waals surface area (Å²) < 4.78 is 51.2. The molecule has 2 aromatic heterocycles. The fourth-order valence-electron chi connectivity index (χ4n) is 5.80. The molecule has 2 fully saturated rings. The van der Waals surface area contributed by atoms with Gasteiger partial charge in [-0.2, -0.15) is 13.5 Å². The van der Waals surface area contributed by atoms with Gasteiger partial charge in [0.2, 0.25) is 0 Å². The van der Waals surface area contributed by atoms with Gasteiger partial charge in [0.25, 0.3) is 0 Å². The fraction of sp³-hybridized carbons (Fsp3) is 0.412. The Bertz CT molecular complexity index is 1960. The van der Waals surface area contributed by atoms with E-state index in [1.807, 2.05) is 0 Å². The summed E-state index contributed by atoms with van der Waals surface area (Å²) in [6, 6.07) is 10.9. The molecule has 1 saturated heterocycles. The molecule has 2 aromatic carbocycles. The maximum atomic E-state index is 13.7. The summed E-state index contributed by atoms with van der Waals surface area (Å²) in [7, 11) is 0. The number of alkyl halides is 2. The molecule has 0 amide bonds. The van der Waals surface area contributed by atoms with Crippen molar-refractivity contribution in [2.24, 2.45) is 5.92 Å². The molecule has 16 heteroatoms. The van der Waals surface area contributed by atoms with Crippen LogP contribution in [0.25, 0.3) is 11.0 Å². The molecule has 266 valence electrons. The first-order valence-corrected chi connectivity index (χ1v) is 16.8. The molecule has 1 unspecified atom stereocenters. The summed E-state index contributed by atoms with van der Waals surface area (Å²) in [6.07, 6.45) is 2.78. The molecule has 1 aliphatic heterocycles. The number of pyridine rings is 1. The van der Waals surface area contributed by atoms with E-state index in [9.17, 15) is 28.4 Å². The van der Waals surface area contributed by atoms with Crippen molar-refractivity contribution in [3.8, 4) is 11.5 Å². The monoisotopic (exact) mass is 734 g/mol. The van der Waals surface area contributed by atoms with Gasteiger partial charge in [-0.05, 0) is 48.6 Å². The number of carbonyl (C=O) groups is 1. The van der Waals surface area contributed by atoms with E-state index in [2.05, 4.69) is 9.64 Å². The van der Waals surface area contributed by atoms with E-state index in [-0.39, 0.29) is 52.6 Å². The number of morpholine rings is 1. The van der Waals surface area contributed by atoms with Gasteiger partial charge in [-0.3, -0.25) is 23.9 Å². The summed E-state index contributed by atoms with van der Waals surface area (Å²) >= 11 is 12.7. The van der Waals surface area contributed by atoms with Crippen LogP contribution in [-0.4, -0.2) is 66.1 Å². The van der Waals surface area contributed by atoms with Crippen molar-refractivity contribution in [3.05, 3.63) is 102 Å². The van der Waals surface area contributed by atoms with Crippen molar-refractivity contribution in [2.75, 3.05) is 39.5 Å². The van der Waals surface area contributed by atoms with Crippen molar-refractivity contribution >= 4 is 40.2 Å². The normalized spacial score (nSPS) is 15.7. The molecule has 50 heavy (non-hydrogen) atoms. The van der Waals surface area contributed by atoms with Gasteiger partial charge in [0.05, 0.1) is 30.9 Å². The summed E-state index contributed by atoms with van der Waals surface area (Å²) in [4.78, 5) is 42.7. The highest BCUT2D eigenvalue weighted by atomic mass is 35.5. The van der Waals surface area contributed by atoms with Crippen LogP contribution < -0.4 is 25.3 Å². The second-order valence-corrected chi connectivity index (χ2v) is 12.9. The van der Waals surface area contributed by atoms with Crippen LogP contribution in [0.1, 0.15) is 30.1 Å². The van der Waals surface area contributed by atoms with Crippen LogP contribution >= 0.6 is 23.2 Å². The Kier molecular flexibility index (Phi) is 11.2. The second-order valence-electron chi connectivity index (χ2n) is 12.1. The predicted molar refractivity (Wildman–Crippen MR) is 179 cm³/mol. The lowest BCUT2D eigenvalue weighted by Crippen LogP contribution is -2.45. The van der Waals surface area contributed by atoms with E-state index < -0.39 is 36.3 Å². The summed E-state index contributed by atoms with van der Waals surface area (Å²) in [6.45, 7) is -0.0573. The topological polar surface area (TPSA) is 128 Å². The lowest BCUT2D eigenvalue weighted by atomic mass is 10.0. The first kappa shape index (κ1) is 35.6. The zero-order chi connectivity index (χ0) is 35.4. The maximum absolute atomic E-state index is 13.7. The Labute approximate surface area is 294 Å². The number of hydrogen-bond acceptors (Lipinski definition) is 9. The molecule has 2 aliphatic rings. The highest BCUT2D eigenvalue weighted by Gasteiger charge is 2.27. The van der Waals surface area contributed by atoms with Crippen LogP contribution in [0.5, 0.6) is 11.5 Å². The molecule has 4 aromatic rings. The van der Waals surface area contributed by atoms with E-state index in [0.717, 1.165) is 29.8 Å². The Morgan fingerprint density at radius 3 is 2.28 bits per heavy atom. The average molecular weight is 736 g/mol. The number of nitrogens with zero attached hydrogens (tertiary/aromatic N) is 4. The van der Waals surface area contributed by atoms with Crippen LogP contribution in [0.2, 0.25) is 10.0 Å². The predicted octanol–water partition coefficient (Wildman–Crippen LogP) is 4.35. The van der Waals surface area contributed by atoms with Gasteiger partial charge in [-0.15, -0.1) is 0 Å². The highest BCUT2D eigenvalue weighted by Crippen LogP contribution is 2.38. The van der Waals surface area contributed by atoms with Gasteiger partial charge in [-0.1, -0.05) is 41.4 Å². The Morgan fingerprint density at radius 1 is 0.960 bits per heavy atom. The van der Waals surface area contributed by atoms with E-state index >= 15 is 0 Å². The quantitative estimate of drug-likeness (QED) is 0.0804. The van der Waals surface area contributed by atoms with Gasteiger partial charge < -0.3 is 28.7 Å². The van der Waals surface area contributed by atoms with Crippen molar-refractivity contribution in [1.82, 2.24) is 14.0 Å². The number of halogens is 4. The van der Waals surface area contributed by atoms with E-state index in [1.165, 1.54) is 22.8 Å². The highest BCUT2D eigenvalue weighted by molar-refractivity contribution is 6.35. The number of fused-ring (bicyclic) bond motifs is 1. The Morgan fingerprint density at radius 2 is 1.62 bits per heavy atom. The summed E-state index contributed by atoms with van der Waals surface area (Å²) in [5.74, 6) is -0.787. The first-order valence-electron chi connectivity index (χ1n) is 16.1. The van der Waals surface area contributed by atoms with Crippen LogP contribution in [-0.2, 0) is 33.8 Å². The number of esters is 1. The van der Waals surface area contributed by atoms with E-state index in [4.69, 9.17) is 37.4 Å². The number of ether oxygens (including phenoxy) is 4. The third kappa shape index (κ3) is 8.55. The molecule has 1 atom stereocenters. The van der Waals surface area contributed by atoms with E-state index in [0.29, 0.717) is 54.2 Å². The van der Waals surface area contributed by atoms with E-state index in [1.54, 1.807) is 24.3 Å². The lowest BCUT2D eigenvalue weighted by molar-refractivity contribution is -0.605. The number of hydrogen-bond donors (Lipinski definition) is 0. The second kappa shape index (κ2) is 15.8. The fourth-order valence-corrected chi connectivity index (χ4v) is 6.40. The Balaban J connectivity index is 1.31. The van der Waals surface area contributed by atoms with Crippen molar-refractivity contribution in [3.63, 3.8) is 0 Å². The SMILES string of the molecule is O=C(Cn1c(=O)c(=O)n(CCN2CCOCC2)c2ccccc21)OC(Cc1c(Cl)c[n+]([O-])cc1Cl)c1ccc(OC(F)F)c(OCC2CC2)c1. The number of aromatic nitrogens is 3. The van der Waals surface area contributed by atoms with Gasteiger partial charge >= 0.3 is 23.7 Å². The third-order valence-corrected chi connectivity index (χ3v) is 9.27. The van der Waals surface area contributed by atoms with Crippen LogP contribution in [0.3, 0.4) is 0 Å². The molecule has 1 saturated carbocycles. The smallest absolute Gasteiger partial charge is 0.387 e. The lowest BCUT2D eigenvalue weighted by Gasteiger charge is -2.27. The average Bonchev–Trinajstić information content (AvgIpc) is 3.92. The van der Waals surface area contributed by atoms with Crippen LogP contribution in [0, 0.1) is 11.1 Å². The molecule has 6 rings (SSSR count). The molecule has 0 bridgehead atoms. The van der Waals surface area contributed by atoms with Gasteiger partial charge in [0.1, 0.15) is 22.7 Å². The first-order chi connectivity index (χ1) is 24.1.